The predicted molar refractivity (Wildman–Crippen MR) is 72.8 cm³/mol. The van der Waals surface area contributed by atoms with Gasteiger partial charge in [0.1, 0.15) is 0 Å². The Hall–Kier alpha value is -0.0400. The summed E-state index contributed by atoms with van der Waals surface area (Å²) in [7, 11) is 0. The Morgan fingerprint density at radius 1 is 1.00 bits per heavy atom. The Morgan fingerprint density at radius 2 is 1.62 bits per heavy atom. The van der Waals surface area contributed by atoms with Gasteiger partial charge in [0.15, 0.2) is 0 Å². The van der Waals surface area contributed by atoms with E-state index in [1.807, 2.05) is 0 Å². The second-order valence-corrected chi connectivity index (χ2v) is 5.58. The number of hydrogen-bond donors (Lipinski definition) is 1. The van der Waals surface area contributed by atoms with Crippen molar-refractivity contribution in [1.82, 2.24) is 5.32 Å². The predicted octanol–water partition coefficient (Wildman–Crippen LogP) is 4.37. The van der Waals surface area contributed by atoms with Crippen LogP contribution in [0.25, 0.3) is 0 Å². The molecule has 0 bridgehead atoms. The van der Waals surface area contributed by atoms with E-state index in [4.69, 9.17) is 0 Å². The standard InChI is InChI=1S/C15H31N/c1-4-12-16-13-15(5-2,6-3)14-10-8-7-9-11-14/h14,16H,4-13H2,1-3H3. The summed E-state index contributed by atoms with van der Waals surface area (Å²) in [6.45, 7) is 9.48. The Kier molecular flexibility index (Phi) is 6.41. The van der Waals surface area contributed by atoms with E-state index in [1.165, 1.54) is 64.5 Å². The highest BCUT2D eigenvalue weighted by molar-refractivity contribution is 4.88. The number of rotatable bonds is 7. The zero-order valence-electron chi connectivity index (χ0n) is 11.6. The lowest BCUT2D eigenvalue weighted by Crippen LogP contribution is -2.40. The summed E-state index contributed by atoms with van der Waals surface area (Å²) in [5, 5.41) is 3.68. The molecule has 1 aliphatic carbocycles. The van der Waals surface area contributed by atoms with Gasteiger partial charge in [-0.3, -0.25) is 0 Å². The van der Waals surface area contributed by atoms with Gasteiger partial charge in [0.2, 0.25) is 0 Å². The third-order valence-electron chi connectivity index (χ3n) is 4.78. The van der Waals surface area contributed by atoms with Gasteiger partial charge in [-0.25, -0.2) is 0 Å². The highest BCUT2D eigenvalue weighted by Crippen LogP contribution is 2.43. The molecule has 0 radical (unpaired) electrons. The molecule has 0 heterocycles. The van der Waals surface area contributed by atoms with Crippen LogP contribution in [0.1, 0.15) is 72.1 Å². The summed E-state index contributed by atoms with van der Waals surface area (Å²) in [6.07, 6.45) is 11.3. The lowest BCUT2D eigenvalue weighted by Gasteiger charge is -2.42. The molecule has 1 fully saturated rings. The van der Waals surface area contributed by atoms with Gasteiger partial charge in [0.05, 0.1) is 0 Å². The minimum atomic E-state index is 0.593. The molecule has 0 saturated heterocycles. The van der Waals surface area contributed by atoms with Crippen LogP contribution in [0.2, 0.25) is 0 Å². The van der Waals surface area contributed by atoms with E-state index in [2.05, 4.69) is 26.1 Å². The molecule has 1 aliphatic rings. The largest absolute Gasteiger partial charge is 0.316 e. The normalized spacial score (nSPS) is 18.9. The molecular formula is C15H31N. The fraction of sp³-hybridized carbons (Fsp3) is 1.00. The maximum atomic E-state index is 3.68. The van der Waals surface area contributed by atoms with E-state index in [9.17, 15) is 0 Å². The average molecular weight is 225 g/mol. The van der Waals surface area contributed by atoms with Gasteiger partial charge in [-0.2, -0.15) is 0 Å². The van der Waals surface area contributed by atoms with Gasteiger partial charge >= 0.3 is 0 Å². The Morgan fingerprint density at radius 3 is 2.12 bits per heavy atom. The van der Waals surface area contributed by atoms with Gasteiger partial charge in [-0.15, -0.1) is 0 Å². The molecule has 0 atom stereocenters. The van der Waals surface area contributed by atoms with Crippen LogP contribution in [0.4, 0.5) is 0 Å². The average Bonchev–Trinajstić information content (AvgIpc) is 2.36. The zero-order valence-corrected chi connectivity index (χ0v) is 11.6. The summed E-state index contributed by atoms with van der Waals surface area (Å²) in [5.74, 6) is 0.987. The highest BCUT2D eigenvalue weighted by atomic mass is 14.9. The van der Waals surface area contributed by atoms with Gasteiger partial charge < -0.3 is 5.32 Å². The van der Waals surface area contributed by atoms with Crippen LogP contribution in [0, 0.1) is 11.3 Å². The second kappa shape index (κ2) is 7.32. The molecule has 1 rings (SSSR count). The maximum Gasteiger partial charge on any atom is 0.00103 e. The van der Waals surface area contributed by atoms with Gasteiger partial charge in [-0.1, -0.05) is 40.0 Å². The molecule has 0 aromatic rings. The number of hydrogen-bond acceptors (Lipinski definition) is 1. The van der Waals surface area contributed by atoms with Crippen LogP contribution in [0.5, 0.6) is 0 Å². The van der Waals surface area contributed by atoms with E-state index in [1.54, 1.807) is 0 Å². The van der Waals surface area contributed by atoms with Crippen molar-refractivity contribution >= 4 is 0 Å². The molecule has 0 unspecified atom stereocenters. The van der Waals surface area contributed by atoms with Crippen LogP contribution in [-0.4, -0.2) is 13.1 Å². The molecule has 1 heteroatoms. The zero-order chi connectivity index (χ0) is 11.9. The third kappa shape index (κ3) is 3.48. The summed E-state index contributed by atoms with van der Waals surface area (Å²) in [5.41, 5.74) is 0.593. The Bertz CT molecular complexity index is 166. The van der Waals surface area contributed by atoms with Crippen molar-refractivity contribution in [1.29, 1.82) is 0 Å². The highest BCUT2D eigenvalue weighted by Gasteiger charge is 2.35. The van der Waals surface area contributed by atoms with Crippen molar-refractivity contribution in [2.45, 2.75) is 72.1 Å². The lowest BCUT2D eigenvalue weighted by atomic mass is 9.65. The summed E-state index contributed by atoms with van der Waals surface area (Å²) >= 11 is 0. The van der Waals surface area contributed by atoms with E-state index >= 15 is 0 Å². The summed E-state index contributed by atoms with van der Waals surface area (Å²) < 4.78 is 0. The van der Waals surface area contributed by atoms with Gasteiger partial charge in [0, 0.05) is 6.54 Å². The quantitative estimate of drug-likeness (QED) is 0.634. The van der Waals surface area contributed by atoms with Crippen molar-refractivity contribution in [3.8, 4) is 0 Å². The first-order valence-corrected chi connectivity index (χ1v) is 7.49. The van der Waals surface area contributed by atoms with E-state index in [0.29, 0.717) is 5.41 Å². The van der Waals surface area contributed by atoms with Crippen LogP contribution in [-0.2, 0) is 0 Å². The molecule has 0 spiro atoms. The number of nitrogens with one attached hydrogen (secondary N) is 1. The molecule has 0 amide bonds. The minimum Gasteiger partial charge on any atom is -0.316 e. The Labute approximate surface area is 102 Å². The lowest BCUT2D eigenvalue weighted by molar-refractivity contribution is 0.102. The minimum absolute atomic E-state index is 0.593. The second-order valence-electron chi connectivity index (χ2n) is 5.58. The maximum absolute atomic E-state index is 3.68. The summed E-state index contributed by atoms with van der Waals surface area (Å²) in [4.78, 5) is 0. The van der Waals surface area contributed by atoms with E-state index < -0.39 is 0 Å². The van der Waals surface area contributed by atoms with E-state index in [0.717, 1.165) is 5.92 Å². The molecular weight excluding hydrogens is 194 g/mol. The third-order valence-corrected chi connectivity index (χ3v) is 4.78. The van der Waals surface area contributed by atoms with Crippen molar-refractivity contribution < 1.29 is 0 Å². The van der Waals surface area contributed by atoms with E-state index in [-0.39, 0.29) is 0 Å². The molecule has 96 valence electrons. The van der Waals surface area contributed by atoms with Crippen molar-refractivity contribution in [2.24, 2.45) is 11.3 Å². The van der Waals surface area contributed by atoms with Crippen LogP contribution in [0.15, 0.2) is 0 Å². The van der Waals surface area contributed by atoms with Crippen LogP contribution in [0.3, 0.4) is 0 Å². The monoisotopic (exact) mass is 225 g/mol. The van der Waals surface area contributed by atoms with Crippen LogP contribution < -0.4 is 5.32 Å². The summed E-state index contributed by atoms with van der Waals surface area (Å²) in [6, 6.07) is 0. The van der Waals surface area contributed by atoms with Gasteiger partial charge in [0.25, 0.3) is 0 Å². The first kappa shape index (κ1) is 14.0. The molecule has 1 nitrogen and oxygen atoms in total. The SMILES string of the molecule is CCCNCC(CC)(CC)C1CCCCC1. The molecule has 16 heavy (non-hydrogen) atoms. The first-order valence-electron chi connectivity index (χ1n) is 7.49. The molecule has 0 aromatic carbocycles. The van der Waals surface area contributed by atoms with Crippen molar-refractivity contribution in [2.75, 3.05) is 13.1 Å². The van der Waals surface area contributed by atoms with Crippen LogP contribution >= 0.6 is 0 Å². The fourth-order valence-corrected chi connectivity index (χ4v) is 3.45. The fourth-order valence-electron chi connectivity index (χ4n) is 3.45. The van der Waals surface area contributed by atoms with Crippen molar-refractivity contribution in [3.63, 3.8) is 0 Å². The topological polar surface area (TPSA) is 12.0 Å². The molecule has 0 aromatic heterocycles. The Balaban J connectivity index is 2.54. The van der Waals surface area contributed by atoms with Gasteiger partial charge in [-0.05, 0) is 50.0 Å². The molecule has 1 N–H and O–H groups in total. The smallest absolute Gasteiger partial charge is 0.00103 e. The molecule has 0 aliphatic heterocycles. The molecule has 1 saturated carbocycles. The first-order chi connectivity index (χ1) is 7.79. The van der Waals surface area contributed by atoms with Crippen molar-refractivity contribution in [3.05, 3.63) is 0 Å².